The SMILES string of the molecule is Brc1cnn(Cc2cnc(NCCc3ccccc3)s2)c1. The highest BCUT2D eigenvalue weighted by molar-refractivity contribution is 9.10. The van der Waals surface area contributed by atoms with Gasteiger partial charge in [-0.3, -0.25) is 4.68 Å². The second-order valence-electron chi connectivity index (χ2n) is 4.65. The van der Waals surface area contributed by atoms with Crippen LogP contribution in [0.3, 0.4) is 0 Å². The van der Waals surface area contributed by atoms with Crippen molar-refractivity contribution < 1.29 is 0 Å². The highest BCUT2D eigenvalue weighted by Gasteiger charge is 2.03. The van der Waals surface area contributed by atoms with Crippen molar-refractivity contribution in [1.29, 1.82) is 0 Å². The van der Waals surface area contributed by atoms with Gasteiger partial charge in [-0.2, -0.15) is 5.10 Å². The fourth-order valence-electron chi connectivity index (χ4n) is 2.01. The van der Waals surface area contributed by atoms with Crippen LogP contribution in [0.15, 0.2) is 53.4 Å². The van der Waals surface area contributed by atoms with Gasteiger partial charge >= 0.3 is 0 Å². The van der Waals surface area contributed by atoms with Crippen LogP contribution in [-0.2, 0) is 13.0 Å². The van der Waals surface area contributed by atoms with Gasteiger partial charge in [0.1, 0.15) is 0 Å². The van der Waals surface area contributed by atoms with Gasteiger partial charge in [-0.15, -0.1) is 11.3 Å². The second kappa shape index (κ2) is 6.87. The molecule has 3 rings (SSSR count). The molecule has 1 aromatic carbocycles. The van der Waals surface area contributed by atoms with E-state index in [0.29, 0.717) is 0 Å². The maximum Gasteiger partial charge on any atom is 0.182 e. The molecule has 0 atom stereocenters. The zero-order valence-electron chi connectivity index (χ0n) is 11.4. The molecule has 0 saturated carbocycles. The maximum absolute atomic E-state index is 4.40. The van der Waals surface area contributed by atoms with E-state index in [2.05, 4.69) is 55.6 Å². The number of aromatic nitrogens is 3. The number of benzene rings is 1. The van der Waals surface area contributed by atoms with Crippen molar-refractivity contribution in [2.45, 2.75) is 13.0 Å². The van der Waals surface area contributed by atoms with E-state index in [1.807, 2.05) is 23.1 Å². The molecule has 0 aliphatic heterocycles. The Bertz CT molecular complexity index is 693. The largest absolute Gasteiger partial charge is 0.361 e. The number of rotatable bonds is 6. The van der Waals surface area contributed by atoms with Crippen LogP contribution in [0.25, 0.3) is 0 Å². The lowest BCUT2D eigenvalue weighted by atomic mass is 10.2. The molecule has 6 heteroatoms. The van der Waals surface area contributed by atoms with Crippen molar-refractivity contribution in [3.8, 4) is 0 Å². The Morgan fingerprint density at radius 2 is 2.05 bits per heavy atom. The smallest absolute Gasteiger partial charge is 0.182 e. The molecule has 0 aliphatic rings. The first-order chi connectivity index (χ1) is 10.3. The van der Waals surface area contributed by atoms with Crippen LogP contribution in [0.2, 0.25) is 0 Å². The van der Waals surface area contributed by atoms with Gasteiger partial charge in [-0.25, -0.2) is 4.98 Å². The molecule has 4 nitrogen and oxygen atoms in total. The predicted octanol–water partition coefficient (Wildman–Crippen LogP) is 3.81. The number of thiazole rings is 1. The van der Waals surface area contributed by atoms with Gasteiger partial charge in [0.15, 0.2) is 5.13 Å². The van der Waals surface area contributed by atoms with Crippen molar-refractivity contribution in [3.63, 3.8) is 0 Å². The van der Waals surface area contributed by atoms with Crippen LogP contribution in [0, 0.1) is 0 Å². The molecule has 21 heavy (non-hydrogen) atoms. The summed E-state index contributed by atoms with van der Waals surface area (Å²) in [5.74, 6) is 0. The van der Waals surface area contributed by atoms with Crippen LogP contribution in [-0.4, -0.2) is 21.3 Å². The molecule has 0 radical (unpaired) electrons. The third-order valence-electron chi connectivity index (χ3n) is 3.01. The van der Waals surface area contributed by atoms with E-state index in [1.54, 1.807) is 17.5 Å². The molecule has 0 spiro atoms. The first-order valence-corrected chi connectivity index (χ1v) is 8.31. The zero-order chi connectivity index (χ0) is 14.5. The van der Waals surface area contributed by atoms with Gasteiger partial charge in [0, 0.05) is 23.8 Å². The summed E-state index contributed by atoms with van der Waals surface area (Å²) in [4.78, 5) is 5.59. The first-order valence-electron chi connectivity index (χ1n) is 6.70. The Kier molecular flexibility index (Phi) is 4.67. The third kappa shape index (κ3) is 4.15. The lowest BCUT2D eigenvalue weighted by Crippen LogP contribution is -2.04. The first kappa shape index (κ1) is 14.3. The van der Waals surface area contributed by atoms with Crippen molar-refractivity contribution >= 4 is 32.4 Å². The summed E-state index contributed by atoms with van der Waals surface area (Å²) in [6, 6.07) is 10.5. The summed E-state index contributed by atoms with van der Waals surface area (Å²) in [6.07, 6.45) is 6.66. The fraction of sp³-hybridized carbons (Fsp3) is 0.200. The lowest BCUT2D eigenvalue weighted by Gasteiger charge is -2.02. The van der Waals surface area contributed by atoms with E-state index in [1.165, 1.54) is 10.4 Å². The average Bonchev–Trinajstić information content (AvgIpc) is 3.10. The molecule has 2 aromatic heterocycles. The number of anilines is 1. The van der Waals surface area contributed by atoms with E-state index in [9.17, 15) is 0 Å². The van der Waals surface area contributed by atoms with Gasteiger partial charge in [0.05, 0.1) is 17.2 Å². The lowest BCUT2D eigenvalue weighted by molar-refractivity contribution is 0.693. The summed E-state index contributed by atoms with van der Waals surface area (Å²) >= 11 is 5.07. The molecule has 0 fully saturated rings. The average molecular weight is 363 g/mol. The van der Waals surface area contributed by atoms with E-state index in [0.717, 1.165) is 29.1 Å². The third-order valence-corrected chi connectivity index (χ3v) is 4.36. The van der Waals surface area contributed by atoms with Crippen LogP contribution in [0.5, 0.6) is 0 Å². The highest BCUT2D eigenvalue weighted by atomic mass is 79.9. The van der Waals surface area contributed by atoms with Crippen LogP contribution < -0.4 is 5.32 Å². The Hall–Kier alpha value is -1.66. The number of hydrogen-bond acceptors (Lipinski definition) is 4. The molecule has 0 unspecified atom stereocenters. The molecule has 0 bridgehead atoms. The van der Waals surface area contributed by atoms with Gasteiger partial charge in [-0.1, -0.05) is 30.3 Å². The van der Waals surface area contributed by atoms with Gasteiger partial charge in [0.2, 0.25) is 0 Å². The maximum atomic E-state index is 4.40. The molecule has 0 aliphatic carbocycles. The van der Waals surface area contributed by atoms with Gasteiger partial charge in [0.25, 0.3) is 0 Å². The molecule has 2 heterocycles. The summed E-state index contributed by atoms with van der Waals surface area (Å²) < 4.78 is 2.89. The van der Waals surface area contributed by atoms with E-state index < -0.39 is 0 Å². The quantitative estimate of drug-likeness (QED) is 0.724. The fourth-order valence-corrected chi connectivity index (χ4v) is 3.16. The van der Waals surface area contributed by atoms with Gasteiger partial charge in [-0.05, 0) is 27.9 Å². The Balaban J connectivity index is 1.51. The molecule has 0 saturated heterocycles. The highest BCUT2D eigenvalue weighted by Crippen LogP contribution is 2.19. The molecular formula is C15H15BrN4S. The number of hydrogen-bond donors (Lipinski definition) is 1. The predicted molar refractivity (Wildman–Crippen MR) is 89.8 cm³/mol. The Labute approximate surface area is 136 Å². The van der Waals surface area contributed by atoms with E-state index >= 15 is 0 Å². The number of nitrogens with zero attached hydrogens (tertiary/aromatic N) is 3. The zero-order valence-corrected chi connectivity index (χ0v) is 13.8. The minimum Gasteiger partial charge on any atom is -0.361 e. The number of halogens is 1. The van der Waals surface area contributed by atoms with Crippen molar-refractivity contribution in [2.75, 3.05) is 11.9 Å². The Morgan fingerprint density at radius 1 is 1.19 bits per heavy atom. The summed E-state index contributed by atoms with van der Waals surface area (Å²) in [5.41, 5.74) is 1.34. The Morgan fingerprint density at radius 3 is 2.81 bits per heavy atom. The summed E-state index contributed by atoms with van der Waals surface area (Å²) in [7, 11) is 0. The van der Waals surface area contributed by atoms with Crippen molar-refractivity contribution in [1.82, 2.24) is 14.8 Å². The van der Waals surface area contributed by atoms with Crippen LogP contribution >= 0.6 is 27.3 Å². The topological polar surface area (TPSA) is 42.7 Å². The van der Waals surface area contributed by atoms with Crippen molar-refractivity contribution in [2.24, 2.45) is 0 Å². The molecular weight excluding hydrogens is 348 g/mol. The molecule has 1 N–H and O–H groups in total. The van der Waals surface area contributed by atoms with Crippen LogP contribution in [0.1, 0.15) is 10.4 Å². The molecule has 108 valence electrons. The molecule has 3 aromatic rings. The molecule has 0 amide bonds. The summed E-state index contributed by atoms with van der Waals surface area (Å²) in [5, 5.41) is 8.59. The monoisotopic (exact) mass is 362 g/mol. The van der Waals surface area contributed by atoms with E-state index in [4.69, 9.17) is 0 Å². The van der Waals surface area contributed by atoms with Crippen molar-refractivity contribution in [3.05, 3.63) is 63.8 Å². The van der Waals surface area contributed by atoms with E-state index in [-0.39, 0.29) is 0 Å². The minimum absolute atomic E-state index is 0.754. The van der Waals surface area contributed by atoms with Crippen LogP contribution in [0.4, 0.5) is 5.13 Å². The normalized spacial score (nSPS) is 10.7. The summed E-state index contributed by atoms with van der Waals surface area (Å²) in [6.45, 7) is 1.65. The van der Waals surface area contributed by atoms with Gasteiger partial charge < -0.3 is 5.32 Å². The second-order valence-corrected chi connectivity index (χ2v) is 6.68. The number of nitrogens with one attached hydrogen (secondary N) is 1. The minimum atomic E-state index is 0.754. The standard InChI is InChI=1S/C15H15BrN4S/c16-13-8-19-20(10-13)11-14-9-18-15(21-14)17-7-6-12-4-2-1-3-5-12/h1-5,8-10H,6-7,11H2,(H,17,18).